The SMILES string of the molecule is O=c1c2cc(-c3ccc4c(c3)-c3ccccc3C43c4ccccc4-c4ccccc43)ccc2oc2ccc(-c3ccc4c(c3)-c3ccccc3C43c4ccccc4-c4ccccc43)cc12. The van der Waals surface area contributed by atoms with E-state index in [1.165, 1.54) is 89.0 Å². The molecule has 0 radical (unpaired) electrons. The average Bonchev–Trinajstić information content (AvgIpc) is 4.05. The topological polar surface area (TPSA) is 30.2 Å². The predicted octanol–water partition coefficient (Wildman–Crippen LogP) is 15.0. The third-order valence-corrected chi connectivity index (χ3v) is 15.3. The molecule has 2 heteroatoms. The van der Waals surface area contributed by atoms with E-state index in [-0.39, 0.29) is 5.43 Å². The first kappa shape index (κ1) is 35.2. The fraction of sp³-hybridized carbons (Fsp3) is 0.0317. The first-order valence-electron chi connectivity index (χ1n) is 22.5. The maximum atomic E-state index is 14.7. The number of hydrogen-bond acceptors (Lipinski definition) is 2. The Hall–Kier alpha value is -8.33. The lowest BCUT2D eigenvalue weighted by Crippen LogP contribution is -2.25. The first-order chi connectivity index (χ1) is 32.1. The van der Waals surface area contributed by atoms with Crippen molar-refractivity contribution in [2.24, 2.45) is 0 Å². The average molecular weight is 825 g/mol. The fourth-order valence-corrected chi connectivity index (χ4v) is 12.8. The molecule has 4 aliphatic carbocycles. The van der Waals surface area contributed by atoms with Crippen molar-refractivity contribution in [3.63, 3.8) is 0 Å². The van der Waals surface area contributed by atoms with Gasteiger partial charge in [0.15, 0.2) is 0 Å². The van der Waals surface area contributed by atoms with E-state index in [2.05, 4.69) is 194 Å². The molecule has 0 saturated heterocycles. The lowest BCUT2D eigenvalue weighted by molar-refractivity contribution is 0.660. The summed E-state index contributed by atoms with van der Waals surface area (Å²) in [5.74, 6) is 0. The second kappa shape index (κ2) is 12.4. The van der Waals surface area contributed by atoms with Crippen LogP contribution in [0.4, 0.5) is 0 Å². The summed E-state index contributed by atoms with van der Waals surface area (Å²) >= 11 is 0. The molecule has 0 fully saturated rings. The van der Waals surface area contributed by atoms with Crippen molar-refractivity contribution in [3.8, 4) is 66.8 Å². The Labute approximate surface area is 375 Å². The molecule has 2 nitrogen and oxygen atoms in total. The van der Waals surface area contributed by atoms with Crippen molar-refractivity contribution in [2.45, 2.75) is 10.8 Å². The Morgan fingerprint density at radius 3 is 0.862 bits per heavy atom. The van der Waals surface area contributed by atoms with Crippen molar-refractivity contribution in [3.05, 3.63) is 273 Å². The summed E-state index contributed by atoms with van der Waals surface area (Å²) in [5, 5.41) is 1.15. The Kier molecular flexibility index (Phi) is 6.73. The molecule has 1 aromatic heterocycles. The molecule has 0 amide bonds. The van der Waals surface area contributed by atoms with E-state index in [1.807, 2.05) is 24.3 Å². The molecule has 0 atom stereocenters. The summed E-state index contributed by atoms with van der Waals surface area (Å²) in [5.41, 5.74) is 25.1. The van der Waals surface area contributed by atoms with Crippen LogP contribution < -0.4 is 5.43 Å². The molecular weight excluding hydrogens is 789 g/mol. The van der Waals surface area contributed by atoms with Crippen LogP contribution in [0.5, 0.6) is 0 Å². The van der Waals surface area contributed by atoms with Crippen LogP contribution in [0.15, 0.2) is 228 Å². The number of hydrogen-bond donors (Lipinski definition) is 0. The summed E-state index contributed by atoms with van der Waals surface area (Å²) in [7, 11) is 0. The number of rotatable bonds is 2. The predicted molar refractivity (Wildman–Crippen MR) is 263 cm³/mol. The molecular formula is C63H36O2. The van der Waals surface area contributed by atoms with Gasteiger partial charge in [0.1, 0.15) is 11.2 Å². The summed E-state index contributed by atoms with van der Waals surface area (Å²) < 4.78 is 6.51. The molecule has 10 aromatic carbocycles. The van der Waals surface area contributed by atoms with Crippen LogP contribution in [0.2, 0.25) is 0 Å². The maximum Gasteiger partial charge on any atom is 0.200 e. The van der Waals surface area contributed by atoms with Gasteiger partial charge in [-0.05, 0) is 148 Å². The maximum absolute atomic E-state index is 14.7. The minimum Gasteiger partial charge on any atom is -0.456 e. The van der Waals surface area contributed by atoms with Gasteiger partial charge in [-0.3, -0.25) is 4.79 Å². The zero-order chi connectivity index (χ0) is 42.6. The van der Waals surface area contributed by atoms with Crippen LogP contribution in [-0.2, 0) is 10.8 Å². The van der Waals surface area contributed by atoms with E-state index in [0.717, 1.165) is 22.3 Å². The molecule has 2 spiro atoms. The standard InChI is InChI=1S/C63H36O2/c64-61-49-35-39(37-25-29-57-47(33-37)45-17-5-11-23-55(45)62(57)51-19-7-1-13-41(51)42-14-2-8-20-52(42)62)27-31-59(49)65-60-32-28-40(36-50(60)61)38-26-30-58-48(34-38)46-18-6-12-24-56(46)63(58)53-21-9-3-15-43(53)44-16-4-10-22-54(44)63/h1-36H. The van der Waals surface area contributed by atoms with Crippen molar-refractivity contribution >= 4 is 21.9 Å². The van der Waals surface area contributed by atoms with Gasteiger partial charge in [0, 0.05) is 0 Å². The third kappa shape index (κ3) is 4.28. The largest absolute Gasteiger partial charge is 0.456 e. The van der Waals surface area contributed by atoms with Gasteiger partial charge in [0.05, 0.1) is 21.6 Å². The van der Waals surface area contributed by atoms with Crippen molar-refractivity contribution < 1.29 is 4.42 Å². The van der Waals surface area contributed by atoms with Gasteiger partial charge in [0.25, 0.3) is 0 Å². The van der Waals surface area contributed by atoms with E-state index in [9.17, 15) is 4.79 Å². The normalized spacial score (nSPS) is 14.5. The van der Waals surface area contributed by atoms with Gasteiger partial charge in [-0.15, -0.1) is 0 Å². The summed E-state index contributed by atoms with van der Waals surface area (Å²) in [6.45, 7) is 0. The zero-order valence-electron chi connectivity index (χ0n) is 35.1. The van der Waals surface area contributed by atoms with Crippen molar-refractivity contribution in [2.75, 3.05) is 0 Å². The van der Waals surface area contributed by atoms with Gasteiger partial charge in [-0.2, -0.15) is 0 Å². The van der Waals surface area contributed by atoms with Crippen LogP contribution in [0, 0.1) is 0 Å². The van der Waals surface area contributed by atoms with E-state index in [0.29, 0.717) is 21.9 Å². The Bertz CT molecular complexity index is 3650. The smallest absolute Gasteiger partial charge is 0.200 e. The molecule has 0 aliphatic heterocycles. The highest BCUT2D eigenvalue weighted by Gasteiger charge is 2.53. The highest BCUT2D eigenvalue weighted by molar-refractivity contribution is 6.00. The van der Waals surface area contributed by atoms with Crippen LogP contribution >= 0.6 is 0 Å². The molecule has 300 valence electrons. The quantitative estimate of drug-likeness (QED) is 0.163. The lowest BCUT2D eigenvalue weighted by Gasteiger charge is -2.30. The molecule has 0 bridgehead atoms. The van der Waals surface area contributed by atoms with Gasteiger partial charge < -0.3 is 4.42 Å². The van der Waals surface area contributed by atoms with Gasteiger partial charge in [-0.1, -0.05) is 182 Å². The molecule has 4 aliphatic rings. The molecule has 65 heavy (non-hydrogen) atoms. The molecule has 0 saturated carbocycles. The van der Waals surface area contributed by atoms with E-state index >= 15 is 0 Å². The second-order valence-corrected chi connectivity index (χ2v) is 18.1. The monoisotopic (exact) mass is 824 g/mol. The fourth-order valence-electron chi connectivity index (χ4n) is 12.8. The minimum absolute atomic E-state index is 0.0285. The van der Waals surface area contributed by atoms with E-state index in [1.54, 1.807) is 0 Å². The highest BCUT2D eigenvalue weighted by Crippen LogP contribution is 2.64. The molecule has 0 N–H and O–H groups in total. The number of fused-ring (bicyclic) bond motifs is 22. The van der Waals surface area contributed by atoms with E-state index in [4.69, 9.17) is 4.42 Å². The van der Waals surface area contributed by atoms with Crippen LogP contribution in [0.3, 0.4) is 0 Å². The Morgan fingerprint density at radius 1 is 0.262 bits per heavy atom. The summed E-state index contributed by atoms with van der Waals surface area (Å²) in [6.07, 6.45) is 0. The van der Waals surface area contributed by atoms with Crippen molar-refractivity contribution in [1.82, 2.24) is 0 Å². The second-order valence-electron chi connectivity index (χ2n) is 18.1. The summed E-state index contributed by atoms with van der Waals surface area (Å²) in [6, 6.07) is 79.2. The molecule has 1 heterocycles. The van der Waals surface area contributed by atoms with Gasteiger partial charge >= 0.3 is 0 Å². The minimum atomic E-state index is -0.393. The van der Waals surface area contributed by atoms with Gasteiger partial charge in [-0.25, -0.2) is 0 Å². The lowest BCUT2D eigenvalue weighted by atomic mass is 9.70. The first-order valence-corrected chi connectivity index (χ1v) is 22.5. The highest BCUT2D eigenvalue weighted by atomic mass is 16.3. The van der Waals surface area contributed by atoms with Crippen LogP contribution in [0.25, 0.3) is 88.7 Å². The van der Waals surface area contributed by atoms with Crippen molar-refractivity contribution in [1.29, 1.82) is 0 Å². The van der Waals surface area contributed by atoms with Gasteiger partial charge in [0.2, 0.25) is 5.43 Å². The molecule has 0 unspecified atom stereocenters. The van der Waals surface area contributed by atoms with E-state index < -0.39 is 10.8 Å². The number of benzene rings is 10. The Morgan fingerprint density at radius 2 is 0.523 bits per heavy atom. The summed E-state index contributed by atoms with van der Waals surface area (Å²) in [4.78, 5) is 14.7. The zero-order valence-corrected chi connectivity index (χ0v) is 35.1. The third-order valence-electron chi connectivity index (χ3n) is 15.3. The molecule has 15 rings (SSSR count). The van der Waals surface area contributed by atoms with Crippen LogP contribution in [0.1, 0.15) is 44.5 Å². The van der Waals surface area contributed by atoms with Crippen LogP contribution in [-0.4, -0.2) is 0 Å². The Balaban J connectivity index is 0.857. The molecule has 11 aromatic rings.